The average molecular weight is 338 g/mol. The molecule has 2 aromatic heterocycles. The van der Waals surface area contributed by atoms with Crippen molar-refractivity contribution in [1.29, 1.82) is 0 Å². The fourth-order valence-corrected chi connectivity index (χ4v) is 3.81. The first kappa shape index (κ1) is 14.3. The number of nitrogens with zero attached hydrogens (tertiary/aromatic N) is 1. The molecule has 0 atom stereocenters. The molecule has 0 aliphatic rings. The van der Waals surface area contributed by atoms with Gasteiger partial charge in [0, 0.05) is 39.7 Å². The van der Waals surface area contributed by atoms with Crippen molar-refractivity contribution < 1.29 is 4.79 Å². The van der Waals surface area contributed by atoms with E-state index in [1.165, 1.54) is 11.3 Å². The van der Waals surface area contributed by atoms with Crippen LogP contribution in [0.4, 0.5) is 5.69 Å². The van der Waals surface area contributed by atoms with Crippen LogP contribution in [0.25, 0.3) is 10.1 Å². The Kier molecular flexibility index (Phi) is 4.10. The molecule has 4 nitrogen and oxygen atoms in total. The van der Waals surface area contributed by atoms with Gasteiger partial charge < -0.3 is 11.1 Å². The summed E-state index contributed by atoms with van der Waals surface area (Å²) in [6.45, 7) is 0.542. The van der Waals surface area contributed by atoms with Crippen LogP contribution in [0.3, 0.4) is 0 Å². The Hall–Kier alpha value is -1.63. The summed E-state index contributed by atoms with van der Waals surface area (Å²) < 4.78 is 0.960. The zero-order valence-corrected chi connectivity index (χ0v) is 13.3. The molecule has 0 radical (unpaired) electrons. The maximum absolute atomic E-state index is 12.2. The van der Waals surface area contributed by atoms with Gasteiger partial charge in [0.15, 0.2) is 0 Å². The first-order chi connectivity index (χ1) is 10.1. The Labute approximate surface area is 134 Å². The summed E-state index contributed by atoms with van der Waals surface area (Å²) in [6, 6.07) is 5.46. The number of anilines is 1. The summed E-state index contributed by atoms with van der Waals surface area (Å²) in [4.78, 5) is 16.9. The third-order valence-electron chi connectivity index (χ3n) is 3.00. The van der Waals surface area contributed by atoms with Gasteiger partial charge >= 0.3 is 0 Å². The van der Waals surface area contributed by atoms with Crippen molar-refractivity contribution in [2.45, 2.75) is 6.42 Å². The quantitative estimate of drug-likeness (QED) is 0.764. The summed E-state index contributed by atoms with van der Waals surface area (Å²) in [5, 5.41) is 7.25. The van der Waals surface area contributed by atoms with Gasteiger partial charge in [0.1, 0.15) is 4.88 Å². The standard InChI is InChI=1S/C14H12ClN3OS2/c15-8-1-2-10-9(7-8)12(16)13(21-10)14(19)18-4-3-11-17-5-6-20-11/h1-2,5-7H,3-4,16H2,(H,18,19). The minimum absolute atomic E-state index is 0.152. The van der Waals surface area contributed by atoms with Crippen molar-refractivity contribution in [3.8, 4) is 0 Å². The lowest BCUT2D eigenvalue weighted by molar-refractivity contribution is 0.0959. The van der Waals surface area contributed by atoms with Crippen molar-refractivity contribution in [2.75, 3.05) is 12.3 Å². The van der Waals surface area contributed by atoms with E-state index in [1.54, 1.807) is 29.7 Å². The molecular formula is C14H12ClN3OS2. The van der Waals surface area contributed by atoms with Crippen molar-refractivity contribution in [1.82, 2.24) is 10.3 Å². The molecule has 21 heavy (non-hydrogen) atoms. The van der Waals surface area contributed by atoms with E-state index in [4.69, 9.17) is 17.3 Å². The number of nitrogens with two attached hydrogens (primary N) is 1. The van der Waals surface area contributed by atoms with Crippen molar-refractivity contribution in [3.63, 3.8) is 0 Å². The zero-order valence-electron chi connectivity index (χ0n) is 10.9. The monoisotopic (exact) mass is 337 g/mol. The highest BCUT2D eigenvalue weighted by molar-refractivity contribution is 7.21. The highest BCUT2D eigenvalue weighted by Crippen LogP contribution is 2.35. The number of nitrogen functional groups attached to an aromatic ring is 1. The number of aromatic nitrogens is 1. The number of fused-ring (bicyclic) bond motifs is 1. The van der Waals surface area contributed by atoms with Gasteiger partial charge in [-0.3, -0.25) is 4.79 Å². The van der Waals surface area contributed by atoms with E-state index in [-0.39, 0.29) is 5.91 Å². The number of hydrogen-bond donors (Lipinski definition) is 2. The Morgan fingerprint density at radius 2 is 2.29 bits per heavy atom. The molecule has 2 heterocycles. The van der Waals surface area contributed by atoms with Crippen LogP contribution in [0.15, 0.2) is 29.8 Å². The maximum atomic E-state index is 12.2. The Morgan fingerprint density at radius 1 is 1.43 bits per heavy atom. The van der Waals surface area contributed by atoms with Gasteiger partial charge in [0.2, 0.25) is 0 Å². The average Bonchev–Trinajstić information content (AvgIpc) is 3.08. The summed E-state index contributed by atoms with van der Waals surface area (Å²) in [6.07, 6.45) is 2.48. The molecule has 0 saturated carbocycles. The summed E-state index contributed by atoms with van der Waals surface area (Å²) >= 11 is 8.92. The van der Waals surface area contributed by atoms with E-state index < -0.39 is 0 Å². The van der Waals surface area contributed by atoms with Gasteiger partial charge in [-0.1, -0.05) is 11.6 Å². The SMILES string of the molecule is Nc1c(C(=O)NCCc2nccs2)sc2ccc(Cl)cc12. The van der Waals surface area contributed by atoms with Crippen molar-refractivity contribution in [3.05, 3.63) is 44.7 Å². The molecule has 0 bridgehead atoms. The number of thiazole rings is 1. The van der Waals surface area contributed by atoms with Crippen LogP contribution in [0, 0.1) is 0 Å². The summed E-state index contributed by atoms with van der Waals surface area (Å²) in [5.74, 6) is -0.152. The van der Waals surface area contributed by atoms with Gasteiger partial charge in [-0.25, -0.2) is 4.98 Å². The van der Waals surface area contributed by atoms with Gasteiger partial charge in [-0.2, -0.15) is 0 Å². The lowest BCUT2D eigenvalue weighted by Crippen LogP contribution is -2.25. The molecule has 3 rings (SSSR count). The molecule has 0 aliphatic carbocycles. The number of thiophene rings is 1. The fraction of sp³-hybridized carbons (Fsp3) is 0.143. The maximum Gasteiger partial charge on any atom is 0.263 e. The van der Waals surface area contributed by atoms with E-state index in [0.29, 0.717) is 22.1 Å². The number of amides is 1. The number of rotatable bonds is 4. The molecule has 0 spiro atoms. The molecule has 3 N–H and O–H groups in total. The first-order valence-corrected chi connectivity index (χ1v) is 8.36. The van der Waals surface area contributed by atoms with Gasteiger partial charge in [0.05, 0.1) is 10.7 Å². The highest BCUT2D eigenvalue weighted by atomic mass is 35.5. The lowest BCUT2D eigenvalue weighted by Gasteiger charge is -2.02. The smallest absolute Gasteiger partial charge is 0.263 e. The molecule has 7 heteroatoms. The second kappa shape index (κ2) is 6.01. The molecule has 1 aromatic carbocycles. The van der Waals surface area contributed by atoms with Crippen LogP contribution in [0.5, 0.6) is 0 Å². The Bertz CT molecular complexity index is 783. The van der Waals surface area contributed by atoms with Crippen LogP contribution in [0.1, 0.15) is 14.7 Å². The van der Waals surface area contributed by atoms with E-state index in [2.05, 4.69) is 10.3 Å². The molecule has 3 aromatic rings. The van der Waals surface area contributed by atoms with Gasteiger partial charge in [0.25, 0.3) is 5.91 Å². The van der Waals surface area contributed by atoms with Crippen LogP contribution in [0.2, 0.25) is 5.02 Å². The molecule has 108 valence electrons. The van der Waals surface area contributed by atoms with E-state index >= 15 is 0 Å². The number of benzene rings is 1. The lowest BCUT2D eigenvalue weighted by atomic mass is 10.2. The molecule has 1 amide bonds. The van der Waals surface area contributed by atoms with Crippen LogP contribution < -0.4 is 11.1 Å². The van der Waals surface area contributed by atoms with E-state index in [1.807, 2.05) is 11.4 Å². The minimum atomic E-state index is -0.152. The molecular weight excluding hydrogens is 326 g/mol. The largest absolute Gasteiger partial charge is 0.397 e. The fourth-order valence-electron chi connectivity index (χ4n) is 2.00. The number of hydrogen-bond acceptors (Lipinski definition) is 5. The zero-order chi connectivity index (χ0) is 14.8. The molecule has 0 unspecified atom stereocenters. The van der Waals surface area contributed by atoms with Crippen LogP contribution in [-0.2, 0) is 6.42 Å². The predicted molar refractivity (Wildman–Crippen MR) is 89.4 cm³/mol. The Balaban J connectivity index is 1.73. The molecule has 0 aliphatic heterocycles. The van der Waals surface area contributed by atoms with Crippen molar-refractivity contribution in [2.24, 2.45) is 0 Å². The first-order valence-electron chi connectivity index (χ1n) is 6.29. The van der Waals surface area contributed by atoms with Gasteiger partial charge in [-0.15, -0.1) is 22.7 Å². The normalized spacial score (nSPS) is 10.9. The second-order valence-electron chi connectivity index (χ2n) is 4.42. The van der Waals surface area contributed by atoms with Crippen LogP contribution >= 0.6 is 34.3 Å². The van der Waals surface area contributed by atoms with Gasteiger partial charge in [-0.05, 0) is 18.2 Å². The van der Waals surface area contributed by atoms with Crippen LogP contribution in [-0.4, -0.2) is 17.4 Å². The summed E-state index contributed by atoms with van der Waals surface area (Å²) in [7, 11) is 0. The second-order valence-corrected chi connectivity index (χ2v) is 6.88. The number of carbonyl (C=O) groups is 1. The number of halogens is 1. The van der Waals surface area contributed by atoms with E-state index in [9.17, 15) is 4.79 Å². The third-order valence-corrected chi connectivity index (χ3v) is 5.26. The number of carbonyl (C=O) groups excluding carboxylic acids is 1. The Morgan fingerprint density at radius 3 is 3.05 bits per heavy atom. The minimum Gasteiger partial charge on any atom is -0.397 e. The van der Waals surface area contributed by atoms with E-state index in [0.717, 1.165) is 21.5 Å². The summed E-state index contributed by atoms with van der Waals surface area (Å²) in [5.41, 5.74) is 6.55. The topological polar surface area (TPSA) is 68.0 Å². The number of nitrogens with one attached hydrogen (secondary N) is 1. The third kappa shape index (κ3) is 3.02. The predicted octanol–water partition coefficient (Wildman–Crippen LogP) is 3.57. The van der Waals surface area contributed by atoms with Crippen molar-refractivity contribution >= 4 is 56.0 Å². The molecule has 0 saturated heterocycles. The molecule has 0 fully saturated rings. The highest BCUT2D eigenvalue weighted by Gasteiger charge is 2.16.